The third kappa shape index (κ3) is 5.48. The molecule has 0 radical (unpaired) electrons. The standard InChI is InChI=1S/C15H18ClFN2O2.ClH/c1-10(21-14-3-2-12(17)8-13(14)16)15(20)19-9-11-4-6-18-7-5-11;/h2-4,8,10,18H,5-7,9H2,1H3,(H,19,20);1H. The zero-order valence-electron chi connectivity index (χ0n) is 12.2. The van der Waals surface area contributed by atoms with Crippen LogP contribution in [0.2, 0.25) is 5.02 Å². The maximum absolute atomic E-state index is 12.9. The summed E-state index contributed by atoms with van der Waals surface area (Å²) < 4.78 is 18.4. The Kier molecular flexibility index (Phi) is 7.65. The van der Waals surface area contributed by atoms with Crippen LogP contribution in [0.25, 0.3) is 0 Å². The molecular formula is C15H19Cl2FN2O2. The minimum absolute atomic E-state index is 0. The molecule has 1 aliphatic heterocycles. The summed E-state index contributed by atoms with van der Waals surface area (Å²) in [7, 11) is 0. The van der Waals surface area contributed by atoms with E-state index in [0.29, 0.717) is 12.3 Å². The van der Waals surface area contributed by atoms with Crippen molar-refractivity contribution in [1.82, 2.24) is 10.6 Å². The van der Waals surface area contributed by atoms with Crippen molar-refractivity contribution in [2.75, 3.05) is 19.6 Å². The van der Waals surface area contributed by atoms with Crippen LogP contribution >= 0.6 is 24.0 Å². The molecule has 22 heavy (non-hydrogen) atoms. The van der Waals surface area contributed by atoms with Gasteiger partial charge >= 0.3 is 0 Å². The SMILES string of the molecule is CC(Oc1ccc(F)cc1Cl)C(=O)NCC1=CCNCC1.Cl. The first kappa shape index (κ1) is 18.7. The summed E-state index contributed by atoms with van der Waals surface area (Å²) in [5, 5.41) is 6.18. The Morgan fingerprint density at radius 1 is 1.55 bits per heavy atom. The number of carbonyl (C=O) groups is 1. The fourth-order valence-electron chi connectivity index (χ4n) is 1.99. The summed E-state index contributed by atoms with van der Waals surface area (Å²) in [5.74, 6) is -0.376. The van der Waals surface area contributed by atoms with E-state index in [1.807, 2.05) is 0 Å². The molecule has 122 valence electrons. The molecule has 1 aromatic rings. The lowest BCUT2D eigenvalue weighted by atomic mass is 10.1. The second kappa shape index (κ2) is 8.98. The number of hydrogen-bond donors (Lipinski definition) is 2. The fourth-order valence-corrected chi connectivity index (χ4v) is 2.20. The molecule has 1 aliphatic rings. The minimum atomic E-state index is -0.699. The molecule has 1 atom stereocenters. The molecule has 4 nitrogen and oxygen atoms in total. The van der Waals surface area contributed by atoms with Crippen LogP contribution in [-0.4, -0.2) is 31.6 Å². The third-order valence-corrected chi connectivity index (χ3v) is 3.51. The number of carbonyl (C=O) groups excluding carboxylic acids is 1. The van der Waals surface area contributed by atoms with E-state index in [0.717, 1.165) is 25.6 Å². The molecule has 7 heteroatoms. The lowest BCUT2D eigenvalue weighted by Crippen LogP contribution is -2.38. The number of halogens is 3. The first-order chi connectivity index (χ1) is 10.1. The summed E-state index contributed by atoms with van der Waals surface area (Å²) >= 11 is 5.86. The second-order valence-electron chi connectivity index (χ2n) is 4.87. The molecule has 2 rings (SSSR count). The number of hydrogen-bond acceptors (Lipinski definition) is 3. The number of rotatable bonds is 5. The van der Waals surface area contributed by atoms with E-state index in [1.54, 1.807) is 6.92 Å². The highest BCUT2D eigenvalue weighted by atomic mass is 35.5. The van der Waals surface area contributed by atoms with Crippen molar-refractivity contribution in [2.45, 2.75) is 19.4 Å². The Balaban J connectivity index is 0.00000242. The summed E-state index contributed by atoms with van der Waals surface area (Å²) in [6.45, 7) is 3.92. The van der Waals surface area contributed by atoms with Crippen LogP contribution in [0.4, 0.5) is 4.39 Å². The Labute approximate surface area is 140 Å². The van der Waals surface area contributed by atoms with Crippen molar-refractivity contribution in [2.24, 2.45) is 0 Å². The summed E-state index contributed by atoms with van der Waals surface area (Å²) in [5.41, 5.74) is 1.20. The van der Waals surface area contributed by atoms with E-state index in [2.05, 4.69) is 16.7 Å². The van der Waals surface area contributed by atoms with Gasteiger partial charge in [0.2, 0.25) is 0 Å². The molecule has 0 saturated heterocycles. The number of amides is 1. The Morgan fingerprint density at radius 3 is 2.95 bits per heavy atom. The number of ether oxygens (including phenoxy) is 1. The smallest absolute Gasteiger partial charge is 0.261 e. The molecule has 0 fully saturated rings. The van der Waals surface area contributed by atoms with Crippen molar-refractivity contribution in [3.63, 3.8) is 0 Å². The predicted octanol–water partition coefficient (Wildman–Crippen LogP) is 2.70. The van der Waals surface area contributed by atoms with E-state index in [9.17, 15) is 9.18 Å². The van der Waals surface area contributed by atoms with Crippen molar-refractivity contribution in [3.05, 3.63) is 40.7 Å². The topological polar surface area (TPSA) is 50.4 Å². The highest BCUT2D eigenvalue weighted by Gasteiger charge is 2.16. The van der Waals surface area contributed by atoms with Crippen LogP contribution in [0.15, 0.2) is 29.8 Å². The van der Waals surface area contributed by atoms with Gasteiger partial charge in [-0.15, -0.1) is 12.4 Å². The Bertz CT molecular complexity index is 552. The highest BCUT2D eigenvalue weighted by molar-refractivity contribution is 6.32. The van der Waals surface area contributed by atoms with E-state index < -0.39 is 11.9 Å². The van der Waals surface area contributed by atoms with Crippen LogP contribution in [0.3, 0.4) is 0 Å². The number of nitrogens with one attached hydrogen (secondary N) is 2. The van der Waals surface area contributed by atoms with Gasteiger partial charge in [-0.3, -0.25) is 4.79 Å². The van der Waals surface area contributed by atoms with Crippen LogP contribution in [0.1, 0.15) is 13.3 Å². The molecule has 2 N–H and O–H groups in total. The first-order valence-corrected chi connectivity index (χ1v) is 7.22. The average Bonchev–Trinajstić information content (AvgIpc) is 2.48. The zero-order chi connectivity index (χ0) is 15.2. The summed E-state index contributed by atoms with van der Waals surface area (Å²) in [6, 6.07) is 3.81. The quantitative estimate of drug-likeness (QED) is 0.804. The van der Waals surface area contributed by atoms with Gasteiger partial charge in [-0.25, -0.2) is 4.39 Å². The van der Waals surface area contributed by atoms with Crippen molar-refractivity contribution in [3.8, 4) is 5.75 Å². The molecular weight excluding hydrogens is 330 g/mol. The lowest BCUT2D eigenvalue weighted by molar-refractivity contribution is -0.127. The molecule has 1 heterocycles. The van der Waals surface area contributed by atoms with Crippen LogP contribution in [0, 0.1) is 5.82 Å². The van der Waals surface area contributed by atoms with Gasteiger partial charge in [0.05, 0.1) is 5.02 Å². The van der Waals surface area contributed by atoms with Crippen LogP contribution in [-0.2, 0) is 4.79 Å². The van der Waals surface area contributed by atoms with Gasteiger partial charge in [0, 0.05) is 13.1 Å². The highest BCUT2D eigenvalue weighted by Crippen LogP contribution is 2.25. The normalized spacial score (nSPS) is 15.3. The first-order valence-electron chi connectivity index (χ1n) is 6.84. The molecule has 0 aliphatic carbocycles. The second-order valence-corrected chi connectivity index (χ2v) is 5.28. The monoisotopic (exact) mass is 348 g/mol. The van der Waals surface area contributed by atoms with E-state index in [1.165, 1.54) is 17.7 Å². The van der Waals surface area contributed by atoms with Crippen molar-refractivity contribution >= 4 is 29.9 Å². The molecule has 0 spiro atoms. The molecule has 0 aromatic heterocycles. The minimum Gasteiger partial charge on any atom is -0.479 e. The van der Waals surface area contributed by atoms with Crippen molar-refractivity contribution in [1.29, 1.82) is 0 Å². The molecule has 0 bridgehead atoms. The van der Waals surface area contributed by atoms with Gasteiger partial charge < -0.3 is 15.4 Å². The molecule has 1 aromatic carbocycles. The van der Waals surface area contributed by atoms with Gasteiger partial charge in [0.15, 0.2) is 6.10 Å². The van der Waals surface area contributed by atoms with Gasteiger partial charge in [0.25, 0.3) is 5.91 Å². The lowest BCUT2D eigenvalue weighted by Gasteiger charge is -2.18. The Morgan fingerprint density at radius 2 is 2.32 bits per heavy atom. The summed E-state index contributed by atoms with van der Waals surface area (Å²) in [6.07, 6.45) is 2.31. The average molecular weight is 349 g/mol. The molecule has 1 unspecified atom stereocenters. The van der Waals surface area contributed by atoms with Crippen molar-refractivity contribution < 1.29 is 13.9 Å². The summed E-state index contributed by atoms with van der Waals surface area (Å²) in [4.78, 5) is 12.0. The van der Waals surface area contributed by atoms with E-state index in [4.69, 9.17) is 16.3 Å². The zero-order valence-corrected chi connectivity index (χ0v) is 13.8. The van der Waals surface area contributed by atoms with Crippen LogP contribution < -0.4 is 15.4 Å². The molecule has 1 amide bonds. The van der Waals surface area contributed by atoms with Crippen LogP contribution in [0.5, 0.6) is 5.75 Å². The molecule has 0 saturated carbocycles. The van der Waals surface area contributed by atoms with Gasteiger partial charge in [-0.1, -0.05) is 23.3 Å². The van der Waals surface area contributed by atoms with E-state index in [-0.39, 0.29) is 23.3 Å². The largest absolute Gasteiger partial charge is 0.479 e. The predicted molar refractivity (Wildman–Crippen MR) is 87.3 cm³/mol. The number of benzene rings is 1. The maximum atomic E-state index is 12.9. The van der Waals surface area contributed by atoms with Gasteiger partial charge in [-0.2, -0.15) is 0 Å². The van der Waals surface area contributed by atoms with E-state index >= 15 is 0 Å². The van der Waals surface area contributed by atoms with Gasteiger partial charge in [0.1, 0.15) is 11.6 Å². The Hall–Kier alpha value is -1.30. The maximum Gasteiger partial charge on any atom is 0.261 e. The fraction of sp³-hybridized carbons (Fsp3) is 0.400. The van der Waals surface area contributed by atoms with Gasteiger partial charge in [-0.05, 0) is 38.1 Å². The third-order valence-electron chi connectivity index (χ3n) is 3.21.